The second-order valence-corrected chi connectivity index (χ2v) is 3.91. The summed E-state index contributed by atoms with van der Waals surface area (Å²) in [7, 11) is 2.89. The number of benzene rings is 1. The number of carboxylic acid groups (broad SMARTS) is 1. The normalized spacial score (nSPS) is 10.0. The number of hydrogen-bond donors (Lipinski definition) is 1. The summed E-state index contributed by atoms with van der Waals surface area (Å²) in [6.45, 7) is 4.00. The number of halogens is 2. The van der Waals surface area contributed by atoms with Crippen molar-refractivity contribution in [2.24, 2.45) is 7.05 Å². The Labute approximate surface area is 115 Å². The molecule has 2 aromatic rings. The Kier molecular flexibility index (Phi) is 4.78. The van der Waals surface area contributed by atoms with Gasteiger partial charge in [-0.2, -0.15) is 0 Å². The van der Waals surface area contributed by atoms with Crippen molar-refractivity contribution in [3.63, 3.8) is 0 Å². The molecule has 0 amide bonds. The summed E-state index contributed by atoms with van der Waals surface area (Å²) in [6.07, 6.45) is 0. The van der Waals surface area contributed by atoms with Gasteiger partial charge in [-0.1, -0.05) is 25.4 Å². The van der Waals surface area contributed by atoms with Crippen molar-refractivity contribution >= 4 is 28.5 Å². The van der Waals surface area contributed by atoms with Crippen LogP contribution in [0.15, 0.2) is 12.1 Å². The van der Waals surface area contributed by atoms with Gasteiger partial charge in [0.05, 0.1) is 17.6 Å². The molecule has 0 atom stereocenters. The summed E-state index contributed by atoms with van der Waals surface area (Å²) in [4.78, 5) is 11.0. The SMILES string of the molecule is CC.COc1cc2c(cc(C(=O)O)n2C)c(Cl)c1F. The predicted octanol–water partition coefficient (Wildman–Crippen LogP) is 3.70. The summed E-state index contributed by atoms with van der Waals surface area (Å²) < 4.78 is 19.9. The van der Waals surface area contributed by atoms with E-state index in [0.29, 0.717) is 10.9 Å². The Hall–Kier alpha value is -1.75. The van der Waals surface area contributed by atoms with Crippen LogP contribution >= 0.6 is 11.6 Å². The van der Waals surface area contributed by atoms with Crippen LogP contribution in [-0.2, 0) is 7.05 Å². The molecule has 1 N–H and O–H groups in total. The van der Waals surface area contributed by atoms with Gasteiger partial charge in [-0.05, 0) is 6.07 Å². The Morgan fingerprint density at radius 1 is 1.42 bits per heavy atom. The van der Waals surface area contributed by atoms with Crippen molar-refractivity contribution in [2.45, 2.75) is 13.8 Å². The van der Waals surface area contributed by atoms with E-state index in [1.165, 1.54) is 23.8 Å². The first-order chi connectivity index (χ1) is 8.97. The molecule has 0 spiro atoms. The van der Waals surface area contributed by atoms with Crippen LogP contribution < -0.4 is 4.74 Å². The first-order valence-electron chi connectivity index (χ1n) is 5.72. The highest BCUT2D eigenvalue weighted by Crippen LogP contribution is 2.34. The molecule has 0 saturated carbocycles. The quantitative estimate of drug-likeness (QED) is 0.916. The molecule has 0 aliphatic carbocycles. The summed E-state index contributed by atoms with van der Waals surface area (Å²) in [6, 6.07) is 2.76. The zero-order valence-corrected chi connectivity index (χ0v) is 11.9. The minimum atomic E-state index is -1.10. The van der Waals surface area contributed by atoms with Crippen LogP contribution in [0.4, 0.5) is 4.39 Å². The van der Waals surface area contributed by atoms with Gasteiger partial charge < -0.3 is 14.4 Å². The van der Waals surface area contributed by atoms with Crippen molar-refractivity contribution in [2.75, 3.05) is 7.11 Å². The Balaban J connectivity index is 0.000000861. The van der Waals surface area contributed by atoms with Gasteiger partial charge in [-0.3, -0.25) is 0 Å². The molecular weight excluding hydrogens is 273 g/mol. The van der Waals surface area contributed by atoms with Crippen molar-refractivity contribution < 1.29 is 19.0 Å². The highest BCUT2D eigenvalue weighted by Gasteiger charge is 2.19. The minimum Gasteiger partial charge on any atom is -0.494 e. The van der Waals surface area contributed by atoms with Gasteiger partial charge in [-0.25, -0.2) is 9.18 Å². The average molecular weight is 288 g/mol. The molecule has 104 valence electrons. The maximum atomic E-state index is 13.7. The fourth-order valence-electron chi connectivity index (χ4n) is 1.74. The van der Waals surface area contributed by atoms with Crippen LogP contribution in [0.2, 0.25) is 5.02 Å². The number of fused-ring (bicyclic) bond motifs is 1. The first-order valence-corrected chi connectivity index (χ1v) is 6.10. The molecule has 1 heterocycles. The van der Waals surface area contributed by atoms with E-state index in [9.17, 15) is 9.18 Å². The zero-order valence-electron chi connectivity index (χ0n) is 11.1. The standard InChI is InChI=1S/C11H9ClFNO3.C2H6/c1-14-6-4-8(17-2)10(13)9(12)5(6)3-7(14)11(15)16;1-2/h3-4H,1-2H3,(H,15,16);1-2H3. The molecule has 19 heavy (non-hydrogen) atoms. The van der Waals surface area contributed by atoms with Crippen molar-refractivity contribution in [1.82, 2.24) is 4.57 Å². The third kappa shape index (κ3) is 2.51. The molecule has 0 aliphatic rings. The topological polar surface area (TPSA) is 51.5 Å². The number of aryl methyl sites for hydroxylation is 1. The van der Waals surface area contributed by atoms with Gasteiger partial charge in [0.15, 0.2) is 11.6 Å². The highest BCUT2D eigenvalue weighted by molar-refractivity contribution is 6.36. The second-order valence-electron chi connectivity index (χ2n) is 3.53. The number of ether oxygens (including phenoxy) is 1. The number of hydrogen-bond acceptors (Lipinski definition) is 2. The van der Waals surface area contributed by atoms with E-state index in [0.717, 1.165) is 0 Å². The Bertz CT molecular complexity index is 622. The molecule has 0 saturated heterocycles. The summed E-state index contributed by atoms with van der Waals surface area (Å²) in [5.41, 5.74) is 0.542. The van der Waals surface area contributed by atoms with E-state index >= 15 is 0 Å². The Morgan fingerprint density at radius 3 is 2.47 bits per heavy atom. The maximum absolute atomic E-state index is 13.7. The second kappa shape index (κ2) is 5.93. The van der Waals surface area contributed by atoms with Crippen LogP contribution in [0.5, 0.6) is 5.75 Å². The third-order valence-electron chi connectivity index (χ3n) is 2.63. The lowest BCUT2D eigenvalue weighted by atomic mass is 10.2. The van der Waals surface area contributed by atoms with Crippen LogP contribution in [0.25, 0.3) is 10.9 Å². The molecule has 1 aromatic carbocycles. The monoisotopic (exact) mass is 287 g/mol. The average Bonchev–Trinajstić information content (AvgIpc) is 2.74. The van der Waals surface area contributed by atoms with Crippen LogP contribution in [0.1, 0.15) is 24.3 Å². The van der Waals surface area contributed by atoms with E-state index < -0.39 is 11.8 Å². The molecular formula is C13H15ClFNO3. The maximum Gasteiger partial charge on any atom is 0.352 e. The number of aromatic nitrogens is 1. The zero-order chi connectivity index (χ0) is 14.7. The fourth-order valence-corrected chi connectivity index (χ4v) is 1.98. The predicted molar refractivity (Wildman–Crippen MR) is 72.7 cm³/mol. The van der Waals surface area contributed by atoms with Gasteiger partial charge in [0.2, 0.25) is 0 Å². The molecule has 0 fully saturated rings. The van der Waals surface area contributed by atoms with E-state index in [1.54, 1.807) is 7.05 Å². The van der Waals surface area contributed by atoms with Crippen molar-refractivity contribution in [1.29, 1.82) is 0 Å². The molecule has 4 nitrogen and oxygen atoms in total. The lowest BCUT2D eigenvalue weighted by molar-refractivity contribution is 0.0687. The molecule has 0 radical (unpaired) electrons. The van der Waals surface area contributed by atoms with Gasteiger partial charge in [-0.15, -0.1) is 0 Å². The van der Waals surface area contributed by atoms with Gasteiger partial charge >= 0.3 is 5.97 Å². The van der Waals surface area contributed by atoms with Gasteiger partial charge in [0.1, 0.15) is 5.69 Å². The molecule has 0 unspecified atom stereocenters. The number of methoxy groups -OCH3 is 1. The lowest BCUT2D eigenvalue weighted by Crippen LogP contribution is -2.03. The fraction of sp³-hybridized carbons (Fsp3) is 0.308. The largest absolute Gasteiger partial charge is 0.494 e. The number of nitrogens with zero attached hydrogens (tertiary/aromatic N) is 1. The van der Waals surface area contributed by atoms with Crippen LogP contribution in [-0.4, -0.2) is 22.8 Å². The molecule has 6 heteroatoms. The van der Waals surface area contributed by atoms with Crippen molar-refractivity contribution in [3.8, 4) is 5.75 Å². The van der Waals surface area contributed by atoms with Crippen molar-refractivity contribution in [3.05, 3.63) is 28.7 Å². The first kappa shape index (κ1) is 15.3. The highest BCUT2D eigenvalue weighted by atomic mass is 35.5. The van der Waals surface area contributed by atoms with E-state index in [4.69, 9.17) is 21.4 Å². The van der Waals surface area contributed by atoms with Crippen LogP contribution in [0.3, 0.4) is 0 Å². The smallest absolute Gasteiger partial charge is 0.352 e. The number of rotatable bonds is 2. The van der Waals surface area contributed by atoms with Gasteiger partial charge in [0.25, 0.3) is 0 Å². The third-order valence-corrected chi connectivity index (χ3v) is 3.00. The Morgan fingerprint density at radius 2 is 2.00 bits per heavy atom. The number of carboxylic acids is 1. The minimum absolute atomic E-state index is 0.0133. The molecule has 1 aromatic heterocycles. The summed E-state index contributed by atoms with van der Waals surface area (Å²) in [5, 5.41) is 9.18. The van der Waals surface area contributed by atoms with E-state index in [-0.39, 0.29) is 16.5 Å². The van der Waals surface area contributed by atoms with E-state index in [1.807, 2.05) is 13.8 Å². The number of carbonyl (C=O) groups is 1. The van der Waals surface area contributed by atoms with Gasteiger partial charge in [0, 0.05) is 18.5 Å². The number of aromatic carboxylic acids is 1. The summed E-state index contributed by atoms with van der Waals surface area (Å²) in [5.74, 6) is -1.80. The van der Waals surface area contributed by atoms with E-state index in [2.05, 4.69) is 0 Å². The summed E-state index contributed by atoms with van der Waals surface area (Å²) >= 11 is 5.84. The molecule has 0 aliphatic heterocycles. The van der Waals surface area contributed by atoms with Crippen LogP contribution in [0, 0.1) is 5.82 Å². The molecule has 0 bridgehead atoms. The molecule has 2 rings (SSSR count). The lowest BCUT2D eigenvalue weighted by Gasteiger charge is -2.06.